The van der Waals surface area contributed by atoms with Gasteiger partial charge in [0.05, 0.1) is 39.7 Å². The zero-order valence-corrected chi connectivity index (χ0v) is 19.9. The number of nitrogens with zero attached hydrogens (tertiary/aromatic N) is 1. The van der Waals surface area contributed by atoms with Crippen LogP contribution in [0.4, 0.5) is 5.69 Å². The molecule has 3 aromatic rings. The second kappa shape index (κ2) is 10.6. The van der Waals surface area contributed by atoms with E-state index in [-0.39, 0.29) is 17.2 Å². The predicted octanol–water partition coefficient (Wildman–Crippen LogP) is 5.37. The lowest BCUT2D eigenvalue weighted by atomic mass is 10.2. The number of rotatable bonds is 8. The Balaban J connectivity index is 1.65. The van der Waals surface area contributed by atoms with E-state index in [1.165, 1.54) is 26.2 Å². The fraction of sp³-hybridized carbons (Fsp3) is 0.261. The van der Waals surface area contributed by atoms with E-state index in [1.54, 1.807) is 31.2 Å². The number of aromatic nitrogens is 1. The van der Waals surface area contributed by atoms with E-state index < -0.39 is 18.0 Å². The lowest BCUT2D eigenvalue weighted by molar-refractivity contribution is -0.123. The number of aryl methyl sites for hydroxylation is 2. The first-order chi connectivity index (χ1) is 15.7. The van der Waals surface area contributed by atoms with Crippen LogP contribution in [0, 0.1) is 13.8 Å². The average molecular weight is 493 g/mol. The summed E-state index contributed by atoms with van der Waals surface area (Å²) in [6.45, 7) is 5.30. The van der Waals surface area contributed by atoms with Crippen molar-refractivity contribution < 1.29 is 28.3 Å². The zero-order chi connectivity index (χ0) is 24.1. The van der Waals surface area contributed by atoms with Crippen molar-refractivity contribution in [1.29, 1.82) is 0 Å². The van der Waals surface area contributed by atoms with Crippen LogP contribution in [0.2, 0.25) is 10.0 Å². The Kier molecular flexibility index (Phi) is 7.84. The number of nitrogens with one attached hydrogen (secondary N) is 1. The van der Waals surface area contributed by atoms with Crippen molar-refractivity contribution in [3.8, 4) is 11.5 Å². The van der Waals surface area contributed by atoms with Crippen LogP contribution >= 0.6 is 23.2 Å². The standard InChI is InChI=1S/C23H22Cl2N2O6/c1-12-16(13(2)33-27-12)11-31-19-9-8-15(10-20(19)30-4)23(29)32-14(3)22(28)26-18-7-5-6-17(24)21(18)25/h5-10,14H,11H2,1-4H3,(H,26,28). The zero-order valence-electron chi connectivity index (χ0n) is 18.4. The fourth-order valence-electron chi connectivity index (χ4n) is 2.89. The Hall–Kier alpha value is -3.23. The number of halogens is 2. The number of carbonyl (C=O) groups is 2. The SMILES string of the molecule is COc1cc(C(=O)OC(C)C(=O)Nc2cccc(Cl)c2Cl)ccc1OCc1c(C)noc1C. The topological polar surface area (TPSA) is 99.9 Å². The van der Waals surface area contributed by atoms with Gasteiger partial charge in [-0.05, 0) is 51.1 Å². The molecule has 8 nitrogen and oxygen atoms in total. The molecule has 2 aromatic carbocycles. The molecule has 1 unspecified atom stereocenters. The van der Waals surface area contributed by atoms with E-state index in [2.05, 4.69) is 10.5 Å². The first-order valence-corrected chi connectivity index (χ1v) is 10.6. The lowest BCUT2D eigenvalue weighted by Gasteiger charge is -2.15. The van der Waals surface area contributed by atoms with Gasteiger partial charge < -0.3 is 24.1 Å². The number of amides is 1. The van der Waals surface area contributed by atoms with E-state index in [0.29, 0.717) is 28.0 Å². The van der Waals surface area contributed by atoms with Gasteiger partial charge >= 0.3 is 5.97 Å². The van der Waals surface area contributed by atoms with Crippen LogP contribution < -0.4 is 14.8 Å². The molecule has 174 valence electrons. The van der Waals surface area contributed by atoms with E-state index in [1.807, 2.05) is 6.92 Å². The molecule has 0 radical (unpaired) electrons. The summed E-state index contributed by atoms with van der Waals surface area (Å²) >= 11 is 12.0. The Bertz CT molecular complexity index is 1160. The van der Waals surface area contributed by atoms with Gasteiger partial charge in [-0.15, -0.1) is 0 Å². The smallest absolute Gasteiger partial charge is 0.339 e. The van der Waals surface area contributed by atoms with Gasteiger partial charge in [0.1, 0.15) is 12.4 Å². The molecule has 0 fully saturated rings. The second-order valence-electron chi connectivity index (χ2n) is 7.10. The maximum absolute atomic E-state index is 12.6. The fourth-order valence-corrected chi connectivity index (χ4v) is 3.24. The van der Waals surface area contributed by atoms with Gasteiger partial charge in [-0.25, -0.2) is 4.79 Å². The third-order valence-corrected chi connectivity index (χ3v) is 5.63. The third kappa shape index (κ3) is 5.77. The summed E-state index contributed by atoms with van der Waals surface area (Å²) in [4.78, 5) is 25.0. The summed E-state index contributed by atoms with van der Waals surface area (Å²) in [6.07, 6.45) is -1.09. The Morgan fingerprint density at radius 1 is 1.15 bits per heavy atom. The Morgan fingerprint density at radius 2 is 1.91 bits per heavy atom. The molecule has 1 aromatic heterocycles. The van der Waals surface area contributed by atoms with Crippen molar-refractivity contribution >= 4 is 40.8 Å². The molecule has 10 heteroatoms. The monoisotopic (exact) mass is 492 g/mol. The van der Waals surface area contributed by atoms with Gasteiger partial charge in [0.25, 0.3) is 5.91 Å². The van der Waals surface area contributed by atoms with Crippen LogP contribution in [-0.4, -0.2) is 30.2 Å². The van der Waals surface area contributed by atoms with Crippen LogP contribution in [0.5, 0.6) is 11.5 Å². The molecule has 33 heavy (non-hydrogen) atoms. The number of ether oxygens (including phenoxy) is 3. The van der Waals surface area contributed by atoms with Crippen LogP contribution in [0.25, 0.3) is 0 Å². The molecular weight excluding hydrogens is 471 g/mol. The first-order valence-electron chi connectivity index (χ1n) is 9.89. The summed E-state index contributed by atoms with van der Waals surface area (Å²) in [5.74, 6) is 0.164. The highest BCUT2D eigenvalue weighted by molar-refractivity contribution is 6.44. The number of esters is 1. The molecule has 0 saturated carbocycles. The molecule has 1 heterocycles. The van der Waals surface area contributed by atoms with Crippen molar-refractivity contribution in [2.45, 2.75) is 33.5 Å². The summed E-state index contributed by atoms with van der Waals surface area (Å²) < 4.78 is 21.6. The number of benzene rings is 2. The second-order valence-corrected chi connectivity index (χ2v) is 7.88. The Morgan fingerprint density at radius 3 is 2.58 bits per heavy atom. The number of hydrogen-bond donors (Lipinski definition) is 1. The molecule has 0 saturated heterocycles. The van der Waals surface area contributed by atoms with Gasteiger partial charge in [0.2, 0.25) is 0 Å². The van der Waals surface area contributed by atoms with Crippen molar-refractivity contribution in [2.75, 3.05) is 12.4 Å². The summed E-state index contributed by atoms with van der Waals surface area (Å²) in [5, 5.41) is 6.97. The maximum atomic E-state index is 12.6. The molecule has 0 spiro atoms. The first kappa shape index (κ1) is 24.4. The minimum absolute atomic E-state index is 0.192. The van der Waals surface area contributed by atoms with E-state index in [0.717, 1.165) is 11.3 Å². The Labute approximate surface area is 200 Å². The summed E-state index contributed by atoms with van der Waals surface area (Å²) in [5.41, 5.74) is 2.08. The molecule has 0 aliphatic rings. The van der Waals surface area contributed by atoms with Crippen molar-refractivity contribution in [3.63, 3.8) is 0 Å². The van der Waals surface area contributed by atoms with Crippen molar-refractivity contribution in [2.24, 2.45) is 0 Å². The predicted molar refractivity (Wildman–Crippen MR) is 123 cm³/mol. The molecule has 0 aliphatic heterocycles. The highest BCUT2D eigenvalue weighted by Crippen LogP contribution is 2.31. The molecule has 0 aliphatic carbocycles. The molecule has 3 rings (SSSR count). The molecule has 0 bridgehead atoms. The minimum Gasteiger partial charge on any atom is -0.493 e. The lowest BCUT2D eigenvalue weighted by Crippen LogP contribution is -2.30. The van der Waals surface area contributed by atoms with E-state index in [4.69, 9.17) is 41.9 Å². The number of methoxy groups -OCH3 is 1. The van der Waals surface area contributed by atoms with E-state index in [9.17, 15) is 9.59 Å². The summed E-state index contributed by atoms with van der Waals surface area (Å²) in [6, 6.07) is 9.41. The molecule has 1 amide bonds. The highest BCUT2D eigenvalue weighted by Gasteiger charge is 2.21. The largest absolute Gasteiger partial charge is 0.493 e. The van der Waals surface area contributed by atoms with Crippen LogP contribution in [-0.2, 0) is 16.1 Å². The molecule has 1 atom stereocenters. The van der Waals surface area contributed by atoms with Crippen LogP contribution in [0.15, 0.2) is 40.9 Å². The third-order valence-electron chi connectivity index (χ3n) is 4.82. The molecule has 1 N–H and O–H groups in total. The van der Waals surface area contributed by atoms with Crippen LogP contribution in [0.1, 0.15) is 34.3 Å². The molecular formula is C23H22Cl2N2O6. The van der Waals surface area contributed by atoms with Gasteiger partial charge in [0.15, 0.2) is 17.6 Å². The number of anilines is 1. The average Bonchev–Trinajstić information content (AvgIpc) is 3.12. The maximum Gasteiger partial charge on any atom is 0.339 e. The van der Waals surface area contributed by atoms with Crippen LogP contribution in [0.3, 0.4) is 0 Å². The van der Waals surface area contributed by atoms with Gasteiger partial charge in [-0.1, -0.05) is 34.4 Å². The van der Waals surface area contributed by atoms with Gasteiger partial charge in [-0.2, -0.15) is 0 Å². The number of hydrogen-bond acceptors (Lipinski definition) is 7. The summed E-state index contributed by atoms with van der Waals surface area (Å²) in [7, 11) is 1.46. The van der Waals surface area contributed by atoms with Gasteiger partial charge in [-0.3, -0.25) is 4.79 Å². The quantitative estimate of drug-likeness (QED) is 0.421. The minimum atomic E-state index is -1.09. The van der Waals surface area contributed by atoms with Crippen molar-refractivity contribution in [1.82, 2.24) is 5.16 Å². The highest BCUT2D eigenvalue weighted by atomic mass is 35.5. The van der Waals surface area contributed by atoms with Crippen molar-refractivity contribution in [3.05, 3.63) is 69.0 Å². The number of carbonyl (C=O) groups excluding carboxylic acids is 2. The van der Waals surface area contributed by atoms with E-state index >= 15 is 0 Å². The van der Waals surface area contributed by atoms with Gasteiger partial charge in [0, 0.05) is 0 Å². The normalized spacial score (nSPS) is 11.6.